The number of esters is 1. The molecule has 2 aromatic rings. The van der Waals surface area contributed by atoms with Gasteiger partial charge in [0.2, 0.25) is 0 Å². The van der Waals surface area contributed by atoms with Gasteiger partial charge in [0, 0.05) is 18.3 Å². The monoisotopic (exact) mass is 370 g/mol. The highest BCUT2D eigenvalue weighted by Gasteiger charge is 2.09. The second kappa shape index (κ2) is 9.96. The molecule has 0 unspecified atom stereocenters. The number of anilines is 1. The van der Waals surface area contributed by atoms with Gasteiger partial charge in [0.05, 0.1) is 13.0 Å². The van der Waals surface area contributed by atoms with Crippen LogP contribution in [0.15, 0.2) is 48.5 Å². The van der Waals surface area contributed by atoms with E-state index in [4.69, 9.17) is 9.47 Å². The molecule has 27 heavy (non-hydrogen) atoms. The number of benzene rings is 2. The van der Waals surface area contributed by atoms with Gasteiger partial charge in [0.25, 0.3) is 11.8 Å². The van der Waals surface area contributed by atoms with E-state index in [1.807, 2.05) is 31.2 Å². The summed E-state index contributed by atoms with van der Waals surface area (Å²) in [7, 11) is 1.54. The van der Waals surface area contributed by atoms with Gasteiger partial charge in [-0.1, -0.05) is 17.7 Å². The van der Waals surface area contributed by atoms with E-state index in [1.54, 1.807) is 24.3 Å². The quantitative estimate of drug-likeness (QED) is 0.696. The maximum absolute atomic E-state index is 11.8. The fourth-order valence-electron chi connectivity index (χ4n) is 2.15. The molecule has 0 saturated heterocycles. The Kier molecular flexibility index (Phi) is 7.37. The fraction of sp³-hybridized carbons (Fsp3) is 0.250. The predicted octanol–water partition coefficient (Wildman–Crippen LogP) is 2.31. The van der Waals surface area contributed by atoms with E-state index in [0.717, 1.165) is 5.56 Å². The molecule has 0 heterocycles. The van der Waals surface area contributed by atoms with Gasteiger partial charge in [-0.2, -0.15) is 0 Å². The summed E-state index contributed by atoms with van der Waals surface area (Å²) in [6, 6.07) is 13.8. The highest BCUT2D eigenvalue weighted by molar-refractivity contribution is 5.96. The summed E-state index contributed by atoms with van der Waals surface area (Å²) in [5, 5.41) is 5.10. The van der Waals surface area contributed by atoms with Gasteiger partial charge in [0.15, 0.2) is 6.61 Å². The van der Waals surface area contributed by atoms with Gasteiger partial charge in [-0.15, -0.1) is 0 Å². The van der Waals surface area contributed by atoms with Crippen molar-refractivity contribution in [1.29, 1.82) is 0 Å². The molecular weight excluding hydrogens is 348 g/mol. The minimum Gasteiger partial charge on any atom is -0.493 e. The highest BCUT2D eigenvalue weighted by Crippen LogP contribution is 2.12. The Hall–Kier alpha value is -3.35. The fourth-order valence-corrected chi connectivity index (χ4v) is 2.15. The zero-order valence-electron chi connectivity index (χ0n) is 15.3. The van der Waals surface area contributed by atoms with Crippen LogP contribution >= 0.6 is 0 Å². The SMILES string of the molecule is CNC(=O)c1ccc(NC(=O)COC(=O)CCOc2ccc(C)cc2)cc1. The summed E-state index contributed by atoms with van der Waals surface area (Å²) in [4.78, 5) is 34.9. The first-order valence-corrected chi connectivity index (χ1v) is 8.45. The largest absolute Gasteiger partial charge is 0.493 e. The molecule has 0 fully saturated rings. The lowest BCUT2D eigenvalue weighted by molar-refractivity contribution is -0.147. The lowest BCUT2D eigenvalue weighted by Crippen LogP contribution is -2.22. The molecule has 7 heteroatoms. The average Bonchev–Trinajstić information content (AvgIpc) is 2.68. The van der Waals surface area contributed by atoms with E-state index in [9.17, 15) is 14.4 Å². The second-order valence-electron chi connectivity index (χ2n) is 5.78. The highest BCUT2D eigenvalue weighted by atomic mass is 16.5. The third-order valence-electron chi connectivity index (χ3n) is 3.62. The van der Waals surface area contributed by atoms with E-state index >= 15 is 0 Å². The molecule has 0 spiro atoms. The number of carbonyl (C=O) groups is 3. The number of ether oxygens (including phenoxy) is 2. The van der Waals surface area contributed by atoms with Crippen molar-refractivity contribution in [3.63, 3.8) is 0 Å². The standard InChI is InChI=1S/C20H22N2O5/c1-14-3-9-17(10-4-14)26-12-11-19(24)27-13-18(23)22-16-7-5-15(6-8-16)20(25)21-2/h3-10H,11-13H2,1-2H3,(H,21,25)(H,22,23). The van der Waals surface area contributed by atoms with Crippen LogP contribution in [0.1, 0.15) is 22.3 Å². The Morgan fingerprint density at radius 3 is 2.26 bits per heavy atom. The first-order chi connectivity index (χ1) is 13.0. The Morgan fingerprint density at radius 1 is 0.963 bits per heavy atom. The molecule has 0 bridgehead atoms. The molecule has 2 aromatic carbocycles. The molecule has 0 aliphatic carbocycles. The van der Waals surface area contributed by atoms with Gasteiger partial charge < -0.3 is 20.1 Å². The zero-order chi connectivity index (χ0) is 19.6. The Labute approximate surface area is 157 Å². The third kappa shape index (κ3) is 6.81. The Balaban J connectivity index is 1.67. The number of hydrogen-bond donors (Lipinski definition) is 2. The number of carbonyl (C=O) groups excluding carboxylic acids is 3. The first-order valence-electron chi connectivity index (χ1n) is 8.45. The zero-order valence-corrected chi connectivity index (χ0v) is 15.3. The summed E-state index contributed by atoms with van der Waals surface area (Å²) < 4.78 is 10.4. The van der Waals surface area contributed by atoms with Crippen molar-refractivity contribution in [3.05, 3.63) is 59.7 Å². The summed E-state index contributed by atoms with van der Waals surface area (Å²) in [6.45, 7) is 1.76. The molecule has 2 amide bonds. The molecule has 0 atom stereocenters. The molecule has 142 valence electrons. The molecular formula is C20H22N2O5. The molecule has 0 aliphatic rings. The molecule has 0 aliphatic heterocycles. The van der Waals surface area contributed by atoms with Crippen LogP contribution in [-0.4, -0.2) is 38.0 Å². The normalized spacial score (nSPS) is 10.0. The van der Waals surface area contributed by atoms with Gasteiger partial charge in [0.1, 0.15) is 5.75 Å². The van der Waals surface area contributed by atoms with E-state index in [2.05, 4.69) is 10.6 Å². The molecule has 0 radical (unpaired) electrons. The summed E-state index contributed by atoms with van der Waals surface area (Å²) in [5.74, 6) is -0.524. The van der Waals surface area contributed by atoms with Crippen molar-refractivity contribution in [3.8, 4) is 5.75 Å². The number of amides is 2. The van der Waals surface area contributed by atoms with E-state index in [0.29, 0.717) is 17.0 Å². The van der Waals surface area contributed by atoms with Gasteiger partial charge in [-0.05, 0) is 43.3 Å². The van der Waals surface area contributed by atoms with Crippen molar-refractivity contribution in [2.75, 3.05) is 25.6 Å². The van der Waals surface area contributed by atoms with Crippen LogP contribution in [0.2, 0.25) is 0 Å². The van der Waals surface area contributed by atoms with Crippen molar-refractivity contribution in [1.82, 2.24) is 5.32 Å². The molecule has 2 rings (SSSR count). The second-order valence-corrected chi connectivity index (χ2v) is 5.78. The van der Waals surface area contributed by atoms with Crippen LogP contribution in [-0.2, 0) is 14.3 Å². The number of rotatable bonds is 8. The number of aryl methyl sites for hydroxylation is 1. The van der Waals surface area contributed by atoms with Gasteiger partial charge in [-0.3, -0.25) is 14.4 Å². The van der Waals surface area contributed by atoms with Crippen LogP contribution in [0.25, 0.3) is 0 Å². The van der Waals surface area contributed by atoms with Crippen LogP contribution in [0, 0.1) is 6.92 Å². The van der Waals surface area contributed by atoms with Crippen LogP contribution in [0.3, 0.4) is 0 Å². The lowest BCUT2D eigenvalue weighted by Gasteiger charge is -2.08. The smallest absolute Gasteiger partial charge is 0.309 e. The van der Waals surface area contributed by atoms with Crippen LogP contribution < -0.4 is 15.4 Å². The van der Waals surface area contributed by atoms with Gasteiger partial charge >= 0.3 is 5.97 Å². The third-order valence-corrected chi connectivity index (χ3v) is 3.62. The van der Waals surface area contributed by atoms with Gasteiger partial charge in [-0.25, -0.2) is 0 Å². The molecule has 0 saturated carbocycles. The number of nitrogens with one attached hydrogen (secondary N) is 2. The molecule has 2 N–H and O–H groups in total. The lowest BCUT2D eigenvalue weighted by atomic mass is 10.2. The van der Waals surface area contributed by atoms with Crippen LogP contribution in [0.5, 0.6) is 5.75 Å². The Morgan fingerprint density at radius 2 is 1.63 bits per heavy atom. The minimum atomic E-state index is -0.521. The van der Waals surface area contributed by atoms with Crippen molar-refractivity contribution in [2.45, 2.75) is 13.3 Å². The average molecular weight is 370 g/mol. The maximum Gasteiger partial charge on any atom is 0.309 e. The number of hydrogen-bond acceptors (Lipinski definition) is 5. The summed E-state index contributed by atoms with van der Waals surface area (Å²) >= 11 is 0. The maximum atomic E-state index is 11.8. The minimum absolute atomic E-state index is 0.0436. The first kappa shape index (κ1) is 20.0. The molecule has 0 aromatic heterocycles. The summed E-state index contributed by atoms with van der Waals surface area (Å²) in [6.07, 6.45) is 0.0436. The topological polar surface area (TPSA) is 93.7 Å². The van der Waals surface area contributed by atoms with Crippen molar-refractivity contribution >= 4 is 23.5 Å². The molecule has 7 nitrogen and oxygen atoms in total. The summed E-state index contributed by atoms with van der Waals surface area (Å²) in [5.41, 5.74) is 2.11. The van der Waals surface area contributed by atoms with E-state index in [1.165, 1.54) is 7.05 Å². The Bertz CT molecular complexity index is 785. The van der Waals surface area contributed by atoms with Crippen molar-refractivity contribution < 1.29 is 23.9 Å². The van der Waals surface area contributed by atoms with Crippen molar-refractivity contribution in [2.24, 2.45) is 0 Å². The van der Waals surface area contributed by atoms with E-state index in [-0.39, 0.29) is 25.5 Å². The van der Waals surface area contributed by atoms with E-state index < -0.39 is 11.9 Å². The van der Waals surface area contributed by atoms with Crippen LogP contribution in [0.4, 0.5) is 5.69 Å². The predicted molar refractivity (Wildman–Crippen MR) is 101 cm³/mol.